The van der Waals surface area contributed by atoms with Crippen molar-refractivity contribution in [3.05, 3.63) is 42.1 Å². The van der Waals surface area contributed by atoms with Crippen molar-refractivity contribution in [1.82, 2.24) is 4.98 Å². The molecular weight excluding hydrogens is 257 g/mol. The highest BCUT2D eigenvalue weighted by Crippen LogP contribution is 2.32. The molecule has 2 aromatic rings. The number of anilines is 1. The van der Waals surface area contributed by atoms with E-state index in [1.807, 2.05) is 0 Å². The molecule has 0 aliphatic carbocycles. The van der Waals surface area contributed by atoms with Crippen LogP contribution in [0.15, 0.2) is 36.5 Å². The molecule has 0 unspecified atom stereocenters. The fourth-order valence-electron chi connectivity index (χ4n) is 1.63. The third kappa shape index (κ3) is 2.78. The molecule has 0 atom stereocenters. The van der Waals surface area contributed by atoms with Gasteiger partial charge in [-0.1, -0.05) is 12.1 Å². The Labute approximate surface area is 107 Å². The fraction of sp³-hybridized carbons (Fsp3) is 0.154. The van der Waals surface area contributed by atoms with Gasteiger partial charge >= 0.3 is 6.18 Å². The number of nitrogens with zero attached hydrogens (tertiary/aromatic N) is 1. The van der Waals surface area contributed by atoms with Crippen LogP contribution in [-0.2, 0) is 6.18 Å². The van der Waals surface area contributed by atoms with E-state index in [1.54, 1.807) is 6.07 Å². The predicted octanol–water partition coefficient (Wildman–Crippen LogP) is 3.36. The lowest BCUT2D eigenvalue weighted by Gasteiger charge is -2.09. The van der Waals surface area contributed by atoms with E-state index in [9.17, 15) is 13.2 Å². The van der Waals surface area contributed by atoms with Crippen molar-refractivity contribution in [2.45, 2.75) is 6.18 Å². The van der Waals surface area contributed by atoms with Crippen LogP contribution in [0.3, 0.4) is 0 Å². The second-order valence-electron chi connectivity index (χ2n) is 3.89. The number of ether oxygens (including phenoxy) is 1. The van der Waals surface area contributed by atoms with E-state index in [0.29, 0.717) is 16.9 Å². The van der Waals surface area contributed by atoms with Gasteiger partial charge < -0.3 is 10.5 Å². The molecule has 0 fully saturated rings. The van der Waals surface area contributed by atoms with Crippen LogP contribution in [0.2, 0.25) is 0 Å². The standard InChI is InChI=1S/C13H11F3N2O/c1-19-11-6-9(7-18-12(11)17)8-2-4-10(5-3-8)13(14,15)16/h2-7H,1H3,(H2,17,18). The zero-order valence-electron chi connectivity index (χ0n) is 10.0. The largest absolute Gasteiger partial charge is 0.493 e. The number of rotatable bonds is 2. The lowest BCUT2D eigenvalue weighted by Crippen LogP contribution is -2.04. The molecule has 0 aliphatic heterocycles. The van der Waals surface area contributed by atoms with Gasteiger partial charge in [-0.2, -0.15) is 13.2 Å². The van der Waals surface area contributed by atoms with Gasteiger partial charge in [0.15, 0.2) is 11.6 Å². The van der Waals surface area contributed by atoms with E-state index in [2.05, 4.69) is 4.98 Å². The molecule has 1 aromatic heterocycles. The Morgan fingerprint density at radius 1 is 1.11 bits per heavy atom. The van der Waals surface area contributed by atoms with Crippen LogP contribution < -0.4 is 10.5 Å². The molecule has 0 amide bonds. The molecule has 0 spiro atoms. The van der Waals surface area contributed by atoms with Gasteiger partial charge in [0.1, 0.15) is 0 Å². The molecule has 0 bridgehead atoms. The minimum absolute atomic E-state index is 0.234. The number of benzene rings is 1. The maximum absolute atomic E-state index is 12.4. The molecule has 0 saturated heterocycles. The van der Waals surface area contributed by atoms with E-state index < -0.39 is 11.7 Å². The number of hydrogen-bond acceptors (Lipinski definition) is 3. The Morgan fingerprint density at radius 3 is 2.26 bits per heavy atom. The molecule has 3 nitrogen and oxygen atoms in total. The SMILES string of the molecule is COc1cc(-c2ccc(C(F)(F)F)cc2)cnc1N. The van der Waals surface area contributed by atoms with Crippen molar-refractivity contribution in [3.8, 4) is 16.9 Å². The molecular formula is C13H11F3N2O. The van der Waals surface area contributed by atoms with Crippen LogP contribution >= 0.6 is 0 Å². The maximum atomic E-state index is 12.4. The Balaban J connectivity index is 2.37. The summed E-state index contributed by atoms with van der Waals surface area (Å²) in [5, 5.41) is 0. The fourth-order valence-corrected chi connectivity index (χ4v) is 1.63. The topological polar surface area (TPSA) is 48.1 Å². The molecule has 1 heterocycles. The van der Waals surface area contributed by atoms with Crippen molar-refractivity contribution in [3.63, 3.8) is 0 Å². The van der Waals surface area contributed by atoms with Crippen LogP contribution in [0.1, 0.15) is 5.56 Å². The van der Waals surface area contributed by atoms with Crippen LogP contribution in [0, 0.1) is 0 Å². The first-order valence-corrected chi connectivity index (χ1v) is 5.39. The van der Waals surface area contributed by atoms with Gasteiger partial charge in [0.25, 0.3) is 0 Å². The lowest BCUT2D eigenvalue weighted by molar-refractivity contribution is -0.137. The molecule has 6 heteroatoms. The highest BCUT2D eigenvalue weighted by molar-refractivity contribution is 5.67. The molecule has 0 aliphatic rings. The first-order valence-electron chi connectivity index (χ1n) is 5.39. The molecule has 0 radical (unpaired) electrons. The Bertz CT molecular complexity index is 579. The molecule has 100 valence electrons. The summed E-state index contributed by atoms with van der Waals surface area (Å²) in [5.74, 6) is 0.621. The van der Waals surface area contributed by atoms with Gasteiger partial charge in [-0.15, -0.1) is 0 Å². The Hall–Kier alpha value is -2.24. The molecule has 1 aromatic carbocycles. The predicted molar refractivity (Wildman–Crippen MR) is 65.6 cm³/mol. The van der Waals surface area contributed by atoms with Gasteiger partial charge in [0.2, 0.25) is 0 Å². The third-order valence-electron chi connectivity index (χ3n) is 2.65. The second kappa shape index (κ2) is 4.79. The number of halogens is 3. The van der Waals surface area contributed by atoms with Crippen molar-refractivity contribution >= 4 is 5.82 Å². The van der Waals surface area contributed by atoms with E-state index in [0.717, 1.165) is 12.1 Å². The summed E-state index contributed by atoms with van der Waals surface area (Å²) in [4.78, 5) is 3.93. The first kappa shape index (κ1) is 13.2. The van der Waals surface area contributed by atoms with Crippen LogP contribution in [0.4, 0.5) is 19.0 Å². The third-order valence-corrected chi connectivity index (χ3v) is 2.65. The molecule has 2 N–H and O–H groups in total. The summed E-state index contributed by atoms with van der Waals surface area (Å²) in [5.41, 5.74) is 6.13. The van der Waals surface area contributed by atoms with E-state index in [4.69, 9.17) is 10.5 Å². The Kier molecular flexibility index (Phi) is 3.33. The minimum Gasteiger partial charge on any atom is -0.493 e. The summed E-state index contributed by atoms with van der Waals surface area (Å²) < 4.78 is 42.4. The van der Waals surface area contributed by atoms with Gasteiger partial charge in [-0.05, 0) is 23.8 Å². The zero-order chi connectivity index (χ0) is 14.0. The smallest absolute Gasteiger partial charge is 0.416 e. The monoisotopic (exact) mass is 268 g/mol. The average molecular weight is 268 g/mol. The van der Waals surface area contributed by atoms with Crippen molar-refractivity contribution in [2.75, 3.05) is 12.8 Å². The van der Waals surface area contributed by atoms with E-state index in [-0.39, 0.29) is 5.82 Å². The number of methoxy groups -OCH3 is 1. The van der Waals surface area contributed by atoms with Gasteiger partial charge in [-0.25, -0.2) is 4.98 Å². The number of hydrogen-bond donors (Lipinski definition) is 1. The van der Waals surface area contributed by atoms with Crippen molar-refractivity contribution < 1.29 is 17.9 Å². The average Bonchev–Trinajstić information content (AvgIpc) is 2.38. The number of aromatic nitrogens is 1. The number of pyridine rings is 1. The first-order chi connectivity index (χ1) is 8.91. The lowest BCUT2D eigenvalue weighted by atomic mass is 10.1. The number of nitrogens with two attached hydrogens (primary N) is 1. The van der Waals surface area contributed by atoms with E-state index in [1.165, 1.54) is 25.4 Å². The summed E-state index contributed by atoms with van der Waals surface area (Å²) in [7, 11) is 1.45. The second-order valence-corrected chi connectivity index (χ2v) is 3.89. The van der Waals surface area contributed by atoms with Crippen LogP contribution in [0.5, 0.6) is 5.75 Å². The quantitative estimate of drug-likeness (QED) is 0.908. The van der Waals surface area contributed by atoms with Gasteiger partial charge in [-0.3, -0.25) is 0 Å². The maximum Gasteiger partial charge on any atom is 0.416 e. The zero-order valence-corrected chi connectivity index (χ0v) is 10.0. The van der Waals surface area contributed by atoms with Crippen LogP contribution in [0.25, 0.3) is 11.1 Å². The number of alkyl halides is 3. The normalized spacial score (nSPS) is 11.4. The highest BCUT2D eigenvalue weighted by atomic mass is 19.4. The molecule has 0 saturated carbocycles. The van der Waals surface area contributed by atoms with Crippen molar-refractivity contribution in [2.24, 2.45) is 0 Å². The summed E-state index contributed by atoms with van der Waals surface area (Å²) in [6.07, 6.45) is -2.85. The van der Waals surface area contributed by atoms with Gasteiger partial charge in [0.05, 0.1) is 12.7 Å². The van der Waals surface area contributed by atoms with Gasteiger partial charge in [0, 0.05) is 11.8 Å². The minimum atomic E-state index is -4.34. The molecule has 19 heavy (non-hydrogen) atoms. The summed E-state index contributed by atoms with van der Waals surface area (Å²) in [6, 6.07) is 6.45. The summed E-state index contributed by atoms with van der Waals surface area (Å²) >= 11 is 0. The Morgan fingerprint density at radius 2 is 1.74 bits per heavy atom. The van der Waals surface area contributed by atoms with E-state index >= 15 is 0 Å². The summed E-state index contributed by atoms with van der Waals surface area (Å²) in [6.45, 7) is 0. The van der Waals surface area contributed by atoms with Crippen LogP contribution in [-0.4, -0.2) is 12.1 Å². The molecule has 2 rings (SSSR count). The van der Waals surface area contributed by atoms with Crippen molar-refractivity contribution in [1.29, 1.82) is 0 Å². The number of nitrogen functional groups attached to an aromatic ring is 1. The highest BCUT2D eigenvalue weighted by Gasteiger charge is 2.29.